The van der Waals surface area contributed by atoms with Gasteiger partial charge in [0.25, 0.3) is 5.91 Å². The highest BCUT2D eigenvalue weighted by Crippen LogP contribution is 2.44. The molecule has 1 atom stereocenters. The Morgan fingerprint density at radius 2 is 1.87 bits per heavy atom. The molecule has 0 unspecified atom stereocenters. The first-order valence-electron chi connectivity index (χ1n) is 6.63. The van der Waals surface area contributed by atoms with Crippen molar-refractivity contribution in [1.82, 2.24) is 0 Å². The van der Waals surface area contributed by atoms with Crippen LogP contribution < -0.4 is 5.32 Å². The molecule has 2 N–H and O–H groups in total. The Morgan fingerprint density at radius 1 is 1.22 bits per heavy atom. The van der Waals surface area contributed by atoms with Crippen LogP contribution in [0.2, 0.25) is 10.0 Å². The van der Waals surface area contributed by atoms with Gasteiger partial charge in [-0.1, -0.05) is 51.3 Å². The molecular formula is C16H10BrCl2NO3. The number of halogens is 3. The van der Waals surface area contributed by atoms with E-state index in [1.54, 1.807) is 24.3 Å². The van der Waals surface area contributed by atoms with Gasteiger partial charge in [-0.2, -0.15) is 0 Å². The van der Waals surface area contributed by atoms with Crippen LogP contribution in [0.3, 0.4) is 0 Å². The monoisotopic (exact) mass is 413 g/mol. The normalized spacial score (nSPS) is 19.4. The van der Waals surface area contributed by atoms with Crippen molar-refractivity contribution in [2.24, 2.45) is 0 Å². The number of Topliss-reactive ketones (excluding diaryl/α,β-unsaturated/α-hetero) is 1. The number of aliphatic hydroxyl groups is 1. The molecule has 0 fully saturated rings. The zero-order valence-electron chi connectivity index (χ0n) is 11.6. The van der Waals surface area contributed by atoms with Gasteiger partial charge in [0, 0.05) is 20.6 Å². The molecule has 1 amide bonds. The summed E-state index contributed by atoms with van der Waals surface area (Å²) in [4.78, 5) is 24.6. The minimum Gasteiger partial charge on any atom is -0.375 e. The van der Waals surface area contributed by atoms with Crippen LogP contribution in [0.4, 0.5) is 5.69 Å². The second kappa shape index (κ2) is 5.91. The van der Waals surface area contributed by atoms with E-state index in [2.05, 4.69) is 21.2 Å². The van der Waals surface area contributed by atoms with Gasteiger partial charge in [0.1, 0.15) is 0 Å². The Balaban J connectivity index is 1.98. The van der Waals surface area contributed by atoms with Crippen LogP contribution >= 0.6 is 39.1 Å². The number of rotatable bonds is 3. The molecule has 1 aliphatic heterocycles. The quantitative estimate of drug-likeness (QED) is 0.740. The van der Waals surface area contributed by atoms with E-state index in [1.165, 1.54) is 12.1 Å². The zero-order chi connectivity index (χ0) is 16.8. The molecule has 2 aromatic rings. The number of anilines is 1. The molecule has 0 saturated heterocycles. The van der Waals surface area contributed by atoms with Gasteiger partial charge in [0.05, 0.1) is 17.1 Å². The minimum absolute atomic E-state index is 0.213. The lowest BCUT2D eigenvalue weighted by Crippen LogP contribution is -2.36. The van der Waals surface area contributed by atoms with E-state index in [-0.39, 0.29) is 27.1 Å². The van der Waals surface area contributed by atoms with Gasteiger partial charge in [0.15, 0.2) is 11.4 Å². The van der Waals surface area contributed by atoms with Crippen molar-refractivity contribution in [2.45, 2.75) is 12.0 Å². The van der Waals surface area contributed by atoms with Crippen molar-refractivity contribution in [1.29, 1.82) is 0 Å². The maximum Gasteiger partial charge on any atom is 0.261 e. The third-order valence-corrected chi connectivity index (χ3v) is 4.74. The number of benzene rings is 2. The molecule has 0 aliphatic carbocycles. The predicted molar refractivity (Wildman–Crippen MR) is 92.1 cm³/mol. The molecule has 3 rings (SSSR count). The molecule has 118 valence electrons. The molecule has 2 aromatic carbocycles. The molecule has 0 spiro atoms. The lowest BCUT2D eigenvalue weighted by molar-refractivity contribution is -0.133. The first-order valence-corrected chi connectivity index (χ1v) is 8.18. The summed E-state index contributed by atoms with van der Waals surface area (Å²) in [6, 6.07) is 9.57. The summed E-state index contributed by atoms with van der Waals surface area (Å²) in [7, 11) is 0. The van der Waals surface area contributed by atoms with E-state index in [1.807, 2.05) is 0 Å². The highest BCUT2D eigenvalue weighted by molar-refractivity contribution is 9.10. The van der Waals surface area contributed by atoms with Gasteiger partial charge >= 0.3 is 0 Å². The Labute approximate surface area is 150 Å². The largest absolute Gasteiger partial charge is 0.375 e. The number of nitrogens with one attached hydrogen (secondary N) is 1. The third kappa shape index (κ3) is 2.90. The fourth-order valence-corrected chi connectivity index (χ4v) is 3.32. The number of fused-ring (bicyclic) bond motifs is 1. The molecule has 0 radical (unpaired) electrons. The van der Waals surface area contributed by atoms with Gasteiger partial charge < -0.3 is 10.4 Å². The summed E-state index contributed by atoms with van der Waals surface area (Å²) >= 11 is 15.3. The van der Waals surface area contributed by atoms with Crippen LogP contribution in [-0.2, 0) is 10.4 Å². The summed E-state index contributed by atoms with van der Waals surface area (Å²) < 4.78 is 0.829. The van der Waals surface area contributed by atoms with Crippen LogP contribution in [0.15, 0.2) is 40.9 Å². The molecule has 0 saturated carbocycles. The van der Waals surface area contributed by atoms with Gasteiger partial charge in [-0.25, -0.2) is 0 Å². The average molecular weight is 415 g/mol. The Morgan fingerprint density at radius 3 is 2.52 bits per heavy atom. The smallest absolute Gasteiger partial charge is 0.261 e. The number of ketones is 1. The summed E-state index contributed by atoms with van der Waals surface area (Å²) in [6.07, 6.45) is -0.399. The fraction of sp³-hybridized carbons (Fsp3) is 0.125. The minimum atomic E-state index is -1.99. The zero-order valence-corrected chi connectivity index (χ0v) is 14.7. The second-order valence-electron chi connectivity index (χ2n) is 5.23. The van der Waals surface area contributed by atoms with Crippen molar-refractivity contribution in [2.75, 3.05) is 5.32 Å². The molecule has 4 nitrogen and oxygen atoms in total. The molecule has 23 heavy (non-hydrogen) atoms. The van der Waals surface area contributed by atoms with E-state index >= 15 is 0 Å². The maximum atomic E-state index is 12.4. The van der Waals surface area contributed by atoms with Crippen molar-refractivity contribution < 1.29 is 14.7 Å². The highest BCUT2D eigenvalue weighted by Gasteiger charge is 2.47. The van der Waals surface area contributed by atoms with Crippen LogP contribution in [0.5, 0.6) is 0 Å². The predicted octanol–water partition coefficient (Wildman–Crippen LogP) is 4.17. The van der Waals surface area contributed by atoms with E-state index in [0.29, 0.717) is 5.56 Å². The average Bonchev–Trinajstić information content (AvgIpc) is 2.73. The van der Waals surface area contributed by atoms with Gasteiger partial charge in [-0.3, -0.25) is 9.59 Å². The Hall–Kier alpha value is -1.40. The lowest BCUT2D eigenvalue weighted by Gasteiger charge is -2.20. The van der Waals surface area contributed by atoms with Crippen LogP contribution in [0.1, 0.15) is 22.3 Å². The molecule has 1 aliphatic rings. The number of hydrogen-bond acceptors (Lipinski definition) is 3. The molecular weight excluding hydrogens is 405 g/mol. The number of carbonyl (C=O) groups is 2. The van der Waals surface area contributed by atoms with Crippen molar-refractivity contribution in [3.05, 3.63) is 62.0 Å². The Bertz CT molecular complexity index is 823. The summed E-state index contributed by atoms with van der Waals surface area (Å²) in [5.41, 5.74) is -1.10. The lowest BCUT2D eigenvalue weighted by atomic mass is 9.88. The van der Waals surface area contributed by atoms with Crippen molar-refractivity contribution in [3.63, 3.8) is 0 Å². The summed E-state index contributed by atoms with van der Waals surface area (Å²) in [5, 5.41) is 13.8. The summed E-state index contributed by atoms with van der Waals surface area (Å²) in [6.45, 7) is 0. The number of hydrogen-bond donors (Lipinski definition) is 2. The van der Waals surface area contributed by atoms with Gasteiger partial charge in [0.2, 0.25) is 0 Å². The number of amides is 1. The van der Waals surface area contributed by atoms with E-state index in [9.17, 15) is 14.7 Å². The SMILES string of the molecule is O=C(C[C@@]1(O)C(=O)Nc2c(Cl)cc(Cl)cc21)c1ccc(Br)cc1. The number of carbonyl (C=O) groups excluding carboxylic acids is 2. The first kappa shape index (κ1) is 16.5. The van der Waals surface area contributed by atoms with Crippen LogP contribution in [0, 0.1) is 0 Å². The highest BCUT2D eigenvalue weighted by atomic mass is 79.9. The standard InChI is InChI=1S/C16H10BrCl2NO3/c17-9-3-1-8(2-4-9)13(21)7-16(23)11-5-10(18)6-12(19)14(11)20-15(16)22/h1-6,23H,7H2,(H,20,22)/t16-/m0/s1. The fourth-order valence-electron chi connectivity index (χ4n) is 2.51. The summed E-state index contributed by atoms with van der Waals surface area (Å²) in [5.74, 6) is -1.05. The molecule has 1 heterocycles. The van der Waals surface area contributed by atoms with Crippen LogP contribution in [-0.4, -0.2) is 16.8 Å². The van der Waals surface area contributed by atoms with Gasteiger partial charge in [-0.05, 0) is 24.3 Å². The third-order valence-electron chi connectivity index (χ3n) is 3.70. The van der Waals surface area contributed by atoms with E-state index in [0.717, 1.165) is 4.47 Å². The van der Waals surface area contributed by atoms with Crippen molar-refractivity contribution >= 4 is 56.5 Å². The second-order valence-corrected chi connectivity index (χ2v) is 6.99. The van der Waals surface area contributed by atoms with E-state index < -0.39 is 17.9 Å². The van der Waals surface area contributed by atoms with Gasteiger partial charge in [-0.15, -0.1) is 0 Å². The maximum absolute atomic E-state index is 12.4. The molecule has 0 aromatic heterocycles. The van der Waals surface area contributed by atoms with E-state index in [4.69, 9.17) is 23.2 Å². The van der Waals surface area contributed by atoms with Crippen molar-refractivity contribution in [3.8, 4) is 0 Å². The molecule has 7 heteroatoms. The molecule has 0 bridgehead atoms. The topological polar surface area (TPSA) is 66.4 Å². The Kier molecular flexibility index (Phi) is 4.23. The first-order chi connectivity index (χ1) is 10.8. The van der Waals surface area contributed by atoms with Crippen LogP contribution in [0.25, 0.3) is 0 Å².